The summed E-state index contributed by atoms with van der Waals surface area (Å²) in [5.74, 6) is -0.588. The standard InChI is InChI=1S/C8H4Cl4FNOS/c9-6-3-5(1-2-7(6)13)14(4-15)16-8(10,11)12/h1-4H. The van der Waals surface area contributed by atoms with Gasteiger partial charge in [0.1, 0.15) is 5.82 Å². The zero-order chi connectivity index (χ0) is 12.3. The summed E-state index contributed by atoms with van der Waals surface area (Å²) in [7, 11) is 0. The molecular formula is C8H4Cl4FNOS. The maximum absolute atomic E-state index is 12.9. The Balaban J connectivity index is 2.96. The molecule has 0 aliphatic heterocycles. The topological polar surface area (TPSA) is 20.3 Å². The number of anilines is 1. The summed E-state index contributed by atoms with van der Waals surface area (Å²) >= 11 is 22.8. The Morgan fingerprint density at radius 3 is 2.44 bits per heavy atom. The van der Waals surface area contributed by atoms with Crippen LogP contribution in [-0.2, 0) is 4.79 Å². The van der Waals surface area contributed by atoms with Crippen LogP contribution in [-0.4, -0.2) is 9.53 Å². The molecule has 0 aromatic heterocycles. The molecule has 1 aromatic carbocycles. The Bertz CT molecular complexity index is 398. The average molecular weight is 323 g/mol. The predicted molar refractivity (Wildman–Crippen MR) is 67.8 cm³/mol. The first-order valence-corrected chi connectivity index (χ1v) is 6.07. The number of hydrogen-bond acceptors (Lipinski definition) is 2. The van der Waals surface area contributed by atoms with Gasteiger partial charge < -0.3 is 0 Å². The maximum Gasteiger partial charge on any atom is 0.256 e. The molecule has 0 fully saturated rings. The third-order valence-electron chi connectivity index (χ3n) is 1.46. The fourth-order valence-electron chi connectivity index (χ4n) is 0.869. The first-order chi connectivity index (χ1) is 7.33. The van der Waals surface area contributed by atoms with Gasteiger partial charge in [-0.3, -0.25) is 9.10 Å². The van der Waals surface area contributed by atoms with Gasteiger partial charge in [0, 0.05) is 11.9 Å². The highest BCUT2D eigenvalue weighted by atomic mass is 35.6. The van der Waals surface area contributed by atoms with E-state index in [9.17, 15) is 9.18 Å². The molecule has 0 saturated carbocycles. The van der Waals surface area contributed by atoms with Crippen molar-refractivity contribution in [3.63, 3.8) is 0 Å². The molecule has 0 heterocycles. The zero-order valence-corrected chi connectivity index (χ0v) is 11.3. The lowest BCUT2D eigenvalue weighted by Gasteiger charge is -2.20. The Kier molecular flexibility index (Phi) is 5.01. The minimum absolute atomic E-state index is 0.116. The molecule has 0 saturated heterocycles. The van der Waals surface area contributed by atoms with Gasteiger partial charge in [0.25, 0.3) is 3.12 Å². The van der Waals surface area contributed by atoms with Gasteiger partial charge in [0.15, 0.2) is 0 Å². The van der Waals surface area contributed by atoms with Crippen molar-refractivity contribution >= 4 is 70.4 Å². The molecule has 16 heavy (non-hydrogen) atoms. The van der Waals surface area contributed by atoms with E-state index in [2.05, 4.69) is 0 Å². The van der Waals surface area contributed by atoms with Gasteiger partial charge in [0.2, 0.25) is 6.41 Å². The number of nitrogens with zero attached hydrogens (tertiary/aromatic N) is 1. The average Bonchev–Trinajstić information content (AvgIpc) is 2.17. The third kappa shape index (κ3) is 4.18. The fourth-order valence-corrected chi connectivity index (χ4v) is 2.20. The summed E-state index contributed by atoms with van der Waals surface area (Å²) in [5, 5.41) is -0.116. The lowest BCUT2D eigenvalue weighted by atomic mass is 10.3. The lowest BCUT2D eigenvalue weighted by Crippen LogP contribution is -2.16. The van der Waals surface area contributed by atoms with E-state index in [1.54, 1.807) is 0 Å². The number of alkyl halides is 3. The van der Waals surface area contributed by atoms with Crippen LogP contribution < -0.4 is 4.31 Å². The van der Waals surface area contributed by atoms with Crippen molar-refractivity contribution in [3.8, 4) is 0 Å². The van der Waals surface area contributed by atoms with Crippen molar-refractivity contribution in [1.29, 1.82) is 0 Å². The van der Waals surface area contributed by atoms with Crippen LogP contribution in [0.25, 0.3) is 0 Å². The van der Waals surface area contributed by atoms with Gasteiger partial charge in [-0.25, -0.2) is 4.39 Å². The summed E-state index contributed by atoms with van der Waals surface area (Å²) in [5.41, 5.74) is 0.317. The van der Waals surface area contributed by atoms with E-state index in [0.717, 1.165) is 10.4 Å². The van der Waals surface area contributed by atoms with Gasteiger partial charge in [-0.05, 0) is 18.2 Å². The van der Waals surface area contributed by atoms with E-state index in [1.807, 2.05) is 0 Å². The molecule has 1 amide bonds. The smallest absolute Gasteiger partial charge is 0.256 e. The van der Waals surface area contributed by atoms with Crippen molar-refractivity contribution in [1.82, 2.24) is 0 Å². The number of benzene rings is 1. The summed E-state index contributed by atoms with van der Waals surface area (Å²) in [6.07, 6.45) is 0.441. The van der Waals surface area contributed by atoms with Crippen LogP contribution in [0, 0.1) is 5.82 Å². The zero-order valence-electron chi connectivity index (χ0n) is 7.46. The minimum atomic E-state index is -1.69. The van der Waals surface area contributed by atoms with E-state index in [-0.39, 0.29) is 5.02 Å². The van der Waals surface area contributed by atoms with Crippen LogP contribution in [0.2, 0.25) is 5.02 Å². The van der Waals surface area contributed by atoms with Gasteiger partial charge in [0.05, 0.1) is 10.7 Å². The molecule has 88 valence electrons. The Morgan fingerprint density at radius 1 is 1.38 bits per heavy atom. The lowest BCUT2D eigenvalue weighted by molar-refractivity contribution is -0.106. The number of carbonyl (C=O) groups is 1. The second-order valence-electron chi connectivity index (χ2n) is 2.57. The van der Waals surface area contributed by atoms with Crippen LogP contribution in [0.5, 0.6) is 0 Å². The fraction of sp³-hybridized carbons (Fsp3) is 0.125. The monoisotopic (exact) mass is 321 g/mol. The number of rotatable bonds is 3. The van der Waals surface area contributed by atoms with E-state index in [4.69, 9.17) is 46.4 Å². The number of hydrogen-bond donors (Lipinski definition) is 0. The highest BCUT2D eigenvalue weighted by molar-refractivity contribution is 8.06. The van der Waals surface area contributed by atoms with Crippen molar-refractivity contribution in [2.24, 2.45) is 0 Å². The molecule has 0 N–H and O–H groups in total. The molecule has 0 aliphatic rings. The summed E-state index contributed by atoms with van der Waals surface area (Å²) < 4.78 is 12.2. The van der Waals surface area contributed by atoms with Crippen molar-refractivity contribution in [3.05, 3.63) is 29.0 Å². The molecule has 1 aromatic rings. The SMILES string of the molecule is O=CN(SC(Cl)(Cl)Cl)c1ccc(F)c(Cl)c1. The molecule has 0 bridgehead atoms. The molecule has 1 rings (SSSR count). The van der Waals surface area contributed by atoms with E-state index in [1.165, 1.54) is 12.1 Å². The quantitative estimate of drug-likeness (QED) is 0.466. The Labute approximate surface area is 116 Å². The first-order valence-electron chi connectivity index (χ1n) is 3.79. The Hall–Kier alpha value is 0.130. The van der Waals surface area contributed by atoms with Crippen LogP contribution in [0.1, 0.15) is 0 Å². The maximum atomic E-state index is 12.9. The van der Waals surface area contributed by atoms with E-state index >= 15 is 0 Å². The van der Waals surface area contributed by atoms with Crippen LogP contribution in [0.15, 0.2) is 18.2 Å². The highest BCUT2D eigenvalue weighted by Gasteiger charge is 2.26. The normalized spacial score (nSPS) is 11.3. The first kappa shape index (κ1) is 14.2. The van der Waals surface area contributed by atoms with E-state index in [0.29, 0.717) is 24.0 Å². The highest BCUT2D eigenvalue weighted by Crippen LogP contribution is 2.42. The predicted octanol–water partition coefficient (Wildman–Crippen LogP) is 4.42. The summed E-state index contributed by atoms with van der Waals surface area (Å²) in [6.45, 7) is 0. The van der Waals surface area contributed by atoms with Crippen molar-refractivity contribution in [2.45, 2.75) is 3.12 Å². The third-order valence-corrected chi connectivity index (χ3v) is 3.07. The molecule has 2 nitrogen and oxygen atoms in total. The number of halogens is 5. The van der Waals surface area contributed by atoms with Crippen molar-refractivity contribution in [2.75, 3.05) is 4.31 Å². The second-order valence-corrected chi connectivity index (χ2v) is 7.12. The summed E-state index contributed by atoms with van der Waals surface area (Å²) in [6, 6.07) is 3.72. The largest absolute Gasteiger partial charge is 0.277 e. The van der Waals surface area contributed by atoms with Crippen molar-refractivity contribution < 1.29 is 9.18 Å². The molecule has 0 radical (unpaired) electrons. The van der Waals surface area contributed by atoms with Crippen LogP contribution in [0.3, 0.4) is 0 Å². The van der Waals surface area contributed by atoms with Gasteiger partial charge in [-0.15, -0.1) is 0 Å². The van der Waals surface area contributed by atoms with Crippen LogP contribution in [0.4, 0.5) is 10.1 Å². The minimum Gasteiger partial charge on any atom is -0.277 e. The molecular weight excluding hydrogens is 319 g/mol. The summed E-state index contributed by atoms with van der Waals surface area (Å²) in [4.78, 5) is 10.8. The molecule has 8 heteroatoms. The molecule has 0 atom stereocenters. The van der Waals surface area contributed by atoms with Crippen LogP contribution >= 0.6 is 58.4 Å². The van der Waals surface area contributed by atoms with Gasteiger partial charge >= 0.3 is 0 Å². The van der Waals surface area contributed by atoms with Gasteiger partial charge in [-0.2, -0.15) is 0 Å². The number of amides is 1. The van der Waals surface area contributed by atoms with E-state index < -0.39 is 8.94 Å². The molecule has 0 aliphatic carbocycles. The molecule has 0 unspecified atom stereocenters. The number of carbonyl (C=O) groups excluding carboxylic acids is 1. The second kappa shape index (κ2) is 5.65. The Morgan fingerprint density at radius 2 is 2.00 bits per heavy atom. The molecule has 0 spiro atoms. The van der Waals surface area contributed by atoms with Gasteiger partial charge in [-0.1, -0.05) is 46.4 Å².